The second-order valence-electron chi connectivity index (χ2n) is 5.12. The fraction of sp³-hybridized carbons (Fsp3) is 0.375. The van der Waals surface area contributed by atoms with Crippen molar-refractivity contribution in [3.63, 3.8) is 0 Å². The van der Waals surface area contributed by atoms with Gasteiger partial charge >= 0.3 is 0 Å². The van der Waals surface area contributed by atoms with Crippen LogP contribution in [0.25, 0.3) is 0 Å². The number of amides is 1. The first-order valence-electron chi connectivity index (χ1n) is 6.78. The van der Waals surface area contributed by atoms with E-state index in [4.69, 9.17) is 5.26 Å². The molecule has 0 fully saturated rings. The van der Waals surface area contributed by atoms with Gasteiger partial charge in [-0.1, -0.05) is 50.6 Å². The van der Waals surface area contributed by atoms with Gasteiger partial charge in [0.15, 0.2) is 5.57 Å². The molecule has 1 heterocycles. The van der Waals surface area contributed by atoms with Crippen molar-refractivity contribution in [1.82, 2.24) is 4.90 Å². The van der Waals surface area contributed by atoms with Crippen molar-refractivity contribution in [1.29, 1.82) is 5.26 Å². The molecule has 1 unspecified atom stereocenters. The van der Waals surface area contributed by atoms with Gasteiger partial charge in [0.25, 0.3) is 5.91 Å². The van der Waals surface area contributed by atoms with Gasteiger partial charge in [-0.25, -0.2) is 0 Å². The molecule has 4 heteroatoms. The fourth-order valence-corrected chi connectivity index (χ4v) is 2.53. The SMILES string of the molecule is CCC(C)[C@H]1C(O)=C(C#N)C(=O)N1Cc1ccccc1. The van der Waals surface area contributed by atoms with E-state index in [1.54, 1.807) is 4.90 Å². The smallest absolute Gasteiger partial charge is 0.268 e. The molecule has 0 aliphatic carbocycles. The number of nitrogens with zero attached hydrogens (tertiary/aromatic N) is 2. The Bertz CT molecular complexity index is 572. The Morgan fingerprint density at radius 1 is 1.40 bits per heavy atom. The maximum absolute atomic E-state index is 12.3. The van der Waals surface area contributed by atoms with E-state index in [0.717, 1.165) is 12.0 Å². The molecule has 104 valence electrons. The van der Waals surface area contributed by atoms with Crippen LogP contribution in [0.15, 0.2) is 41.7 Å². The number of carbonyl (C=O) groups excluding carboxylic acids is 1. The van der Waals surface area contributed by atoms with Crippen LogP contribution in [-0.4, -0.2) is 22.0 Å². The number of rotatable bonds is 4. The normalized spacial score (nSPS) is 20.1. The monoisotopic (exact) mass is 270 g/mol. The summed E-state index contributed by atoms with van der Waals surface area (Å²) in [7, 11) is 0. The van der Waals surface area contributed by atoms with Crippen LogP contribution in [-0.2, 0) is 11.3 Å². The van der Waals surface area contributed by atoms with E-state index in [9.17, 15) is 9.90 Å². The third kappa shape index (κ3) is 2.39. The molecule has 1 amide bonds. The fourth-order valence-electron chi connectivity index (χ4n) is 2.53. The molecule has 1 aliphatic rings. The van der Waals surface area contributed by atoms with E-state index in [0.29, 0.717) is 6.54 Å². The number of hydrogen-bond acceptors (Lipinski definition) is 3. The highest BCUT2D eigenvalue weighted by atomic mass is 16.3. The average Bonchev–Trinajstić information content (AvgIpc) is 2.70. The van der Waals surface area contributed by atoms with Crippen LogP contribution in [0.3, 0.4) is 0 Å². The van der Waals surface area contributed by atoms with Gasteiger partial charge in [-0.15, -0.1) is 0 Å². The van der Waals surface area contributed by atoms with Crippen LogP contribution in [0, 0.1) is 17.2 Å². The number of carbonyl (C=O) groups is 1. The first-order chi connectivity index (χ1) is 9.60. The predicted molar refractivity (Wildman–Crippen MR) is 75.5 cm³/mol. The van der Waals surface area contributed by atoms with E-state index in [1.165, 1.54) is 0 Å². The summed E-state index contributed by atoms with van der Waals surface area (Å²) in [5, 5.41) is 19.2. The van der Waals surface area contributed by atoms with Crippen LogP contribution in [0.4, 0.5) is 0 Å². The third-order valence-electron chi connectivity index (χ3n) is 3.84. The van der Waals surface area contributed by atoms with Gasteiger partial charge in [-0.3, -0.25) is 4.79 Å². The molecule has 0 saturated heterocycles. The van der Waals surface area contributed by atoms with Gasteiger partial charge < -0.3 is 10.0 Å². The van der Waals surface area contributed by atoms with Crippen molar-refractivity contribution >= 4 is 5.91 Å². The van der Waals surface area contributed by atoms with Gasteiger partial charge in [0.05, 0.1) is 6.04 Å². The van der Waals surface area contributed by atoms with Crippen LogP contribution < -0.4 is 0 Å². The first-order valence-corrected chi connectivity index (χ1v) is 6.78. The predicted octanol–water partition coefficient (Wildman–Crippen LogP) is 2.78. The Kier molecular flexibility index (Phi) is 4.09. The lowest BCUT2D eigenvalue weighted by molar-refractivity contribution is -0.128. The highest BCUT2D eigenvalue weighted by molar-refractivity contribution is 6.00. The Hall–Kier alpha value is -2.28. The minimum Gasteiger partial charge on any atom is -0.508 e. The molecule has 1 aromatic carbocycles. The number of aliphatic hydroxyl groups is 1. The molecule has 1 N–H and O–H groups in total. The van der Waals surface area contributed by atoms with Crippen LogP contribution in [0.5, 0.6) is 0 Å². The molecular formula is C16H18N2O2. The molecule has 1 aliphatic heterocycles. The summed E-state index contributed by atoms with van der Waals surface area (Å²) in [6, 6.07) is 11.0. The van der Waals surface area contributed by atoms with E-state index >= 15 is 0 Å². The summed E-state index contributed by atoms with van der Waals surface area (Å²) in [5.74, 6) is -0.351. The number of nitriles is 1. The lowest BCUT2D eigenvalue weighted by Crippen LogP contribution is -2.39. The van der Waals surface area contributed by atoms with Gasteiger partial charge in [0.1, 0.15) is 11.8 Å². The van der Waals surface area contributed by atoms with E-state index in [1.807, 2.05) is 50.2 Å². The van der Waals surface area contributed by atoms with Crippen LogP contribution in [0.1, 0.15) is 25.8 Å². The van der Waals surface area contributed by atoms with Crippen LogP contribution in [0.2, 0.25) is 0 Å². The van der Waals surface area contributed by atoms with Crippen molar-refractivity contribution in [2.45, 2.75) is 32.9 Å². The molecule has 0 bridgehead atoms. The molecule has 1 aromatic rings. The Morgan fingerprint density at radius 3 is 2.60 bits per heavy atom. The van der Waals surface area contributed by atoms with Gasteiger partial charge in [-0.2, -0.15) is 5.26 Å². The zero-order chi connectivity index (χ0) is 14.7. The minimum atomic E-state index is -0.401. The molecule has 0 radical (unpaired) electrons. The van der Waals surface area contributed by atoms with Gasteiger partial charge in [0, 0.05) is 6.54 Å². The maximum atomic E-state index is 12.3. The van der Waals surface area contributed by atoms with Crippen LogP contribution >= 0.6 is 0 Å². The quantitative estimate of drug-likeness (QED) is 0.915. The number of benzene rings is 1. The summed E-state index contributed by atoms with van der Waals surface area (Å²) >= 11 is 0. The molecule has 4 nitrogen and oxygen atoms in total. The molecule has 0 saturated carbocycles. The molecule has 0 aromatic heterocycles. The van der Waals surface area contributed by atoms with Crippen molar-refractivity contribution < 1.29 is 9.90 Å². The minimum absolute atomic E-state index is 0.0808. The highest BCUT2D eigenvalue weighted by Gasteiger charge is 2.41. The van der Waals surface area contributed by atoms with E-state index < -0.39 is 6.04 Å². The number of hydrogen-bond donors (Lipinski definition) is 1. The molecular weight excluding hydrogens is 252 g/mol. The second-order valence-corrected chi connectivity index (χ2v) is 5.12. The molecule has 2 atom stereocenters. The summed E-state index contributed by atoms with van der Waals surface area (Å²) in [5.41, 5.74) is 0.868. The van der Waals surface area contributed by atoms with Crippen molar-refractivity contribution in [2.24, 2.45) is 5.92 Å². The van der Waals surface area contributed by atoms with Crippen molar-refractivity contribution in [2.75, 3.05) is 0 Å². The highest BCUT2D eigenvalue weighted by Crippen LogP contribution is 2.31. The lowest BCUT2D eigenvalue weighted by atomic mass is 9.97. The Morgan fingerprint density at radius 2 is 2.05 bits per heavy atom. The number of aliphatic hydroxyl groups excluding tert-OH is 1. The average molecular weight is 270 g/mol. The summed E-state index contributed by atoms with van der Waals surface area (Å²) in [4.78, 5) is 13.9. The van der Waals surface area contributed by atoms with E-state index in [-0.39, 0.29) is 23.2 Å². The largest absolute Gasteiger partial charge is 0.508 e. The standard InChI is InChI=1S/C16H18N2O2/c1-3-11(2)14-15(19)13(9-17)16(20)18(14)10-12-7-5-4-6-8-12/h4-8,11,14,19H,3,10H2,1-2H3/t11?,14-/m0/s1. The third-order valence-corrected chi connectivity index (χ3v) is 3.84. The zero-order valence-corrected chi connectivity index (χ0v) is 11.7. The van der Waals surface area contributed by atoms with Gasteiger partial charge in [-0.05, 0) is 11.5 Å². The molecule has 20 heavy (non-hydrogen) atoms. The van der Waals surface area contributed by atoms with Crippen molar-refractivity contribution in [3.8, 4) is 6.07 Å². The summed E-state index contributed by atoms with van der Waals surface area (Å²) in [6.45, 7) is 4.39. The lowest BCUT2D eigenvalue weighted by Gasteiger charge is -2.29. The Balaban J connectivity index is 2.32. The second kappa shape index (κ2) is 5.79. The Labute approximate surface area is 118 Å². The van der Waals surface area contributed by atoms with Crippen molar-refractivity contribution in [3.05, 3.63) is 47.2 Å². The molecule has 0 spiro atoms. The first kappa shape index (κ1) is 14.1. The molecule has 2 rings (SSSR count). The topological polar surface area (TPSA) is 64.3 Å². The van der Waals surface area contributed by atoms with Gasteiger partial charge in [0.2, 0.25) is 0 Å². The zero-order valence-electron chi connectivity index (χ0n) is 11.7. The van der Waals surface area contributed by atoms with E-state index in [2.05, 4.69) is 0 Å². The maximum Gasteiger partial charge on any atom is 0.268 e. The summed E-state index contributed by atoms with van der Waals surface area (Å²) in [6.07, 6.45) is 0.825. The summed E-state index contributed by atoms with van der Waals surface area (Å²) < 4.78 is 0.